The fourth-order valence-corrected chi connectivity index (χ4v) is 4.88. The van der Waals surface area contributed by atoms with Crippen molar-refractivity contribution in [2.75, 3.05) is 24.0 Å². The lowest BCUT2D eigenvalue weighted by molar-refractivity contribution is 0.558. The lowest BCUT2D eigenvalue weighted by Gasteiger charge is -2.23. The molecular formula is C25H24FN3O3S. The quantitative estimate of drug-likeness (QED) is 0.426. The molecule has 0 aliphatic rings. The first-order valence-electron chi connectivity index (χ1n) is 10.4. The molecule has 33 heavy (non-hydrogen) atoms. The van der Waals surface area contributed by atoms with Gasteiger partial charge in [-0.15, -0.1) is 0 Å². The van der Waals surface area contributed by atoms with E-state index in [-0.39, 0.29) is 17.1 Å². The summed E-state index contributed by atoms with van der Waals surface area (Å²) in [7, 11) is -1.57. The van der Waals surface area contributed by atoms with E-state index in [1.807, 2.05) is 48.3 Å². The summed E-state index contributed by atoms with van der Waals surface area (Å²) in [6.45, 7) is 1.71. The summed E-state index contributed by atoms with van der Waals surface area (Å²) in [5, 5.41) is 0.376. The predicted octanol–water partition coefficient (Wildman–Crippen LogP) is 4.25. The van der Waals surface area contributed by atoms with Gasteiger partial charge in [-0.05, 0) is 55.0 Å². The molecule has 0 unspecified atom stereocenters. The summed E-state index contributed by atoms with van der Waals surface area (Å²) in [6.07, 6.45) is 1.16. The van der Waals surface area contributed by atoms with E-state index in [4.69, 9.17) is 0 Å². The van der Waals surface area contributed by atoms with Gasteiger partial charge in [0, 0.05) is 24.7 Å². The van der Waals surface area contributed by atoms with Crippen molar-refractivity contribution in [1.29, 1.82) is 0 Å². The number of aryl methyl sites for hydroxylation is 1. The number of anilines is 2. The van der Waals surface area contributed by atoms with E-state index in [2.05, 4.69) is 4.98 Å². The van der Waals surface area contributed by atoms with Gasteiger partial charge in [0.2, 0.25) is 0 Å². The van der Waals surface area contributed by atoms with Crippen LogP contribution in [0.1, 0.15) is 17.4 Å². The molecule has 4 aromatic rings. The van der Waals surface area contributed by atoms with E-state index < -0.39 is 15.9 Å². The second-order valence-electron chi connectivity index (χ2n) is 8.09. The highest BCUT2D eigenvalue weighted by molar-refractivity contribution is 7.90. The van der Waals surface area contributed by atoms with Gasteiger partial charge >= 0.3 is 0 Å². The first kappa shape index (κ1) is 22.7. The summed E-state index contributed by atoms with van der Waals surface area (Å²) in [5.41, 5.74) is 2.41. The van der Waals surface area contributed by atoms with Gasteiger partial charge in [0.25, 0.3) is 5.56 Å². The highest BCUT2D eigenvalue weighted by atomic mass is 32.2. The first-order chi connectivity index (χ1) is 15.6. The van der Waals surface area contributed by atoms with Crippen LogP contribution in [-0.4, -0.2) is 37.0 Å². The lowest BCUT2D eigenvalue weighted by atomic mass is 10.1. The van der Waals surface area contributed by atoms with Crippen molar-refractivity contribution >= 4 is 32.1 Å². The molecule has 8 heteroatoms. The lowest BCUT2D eigenvalue weighted by Crippen LogP contribution is -2.32. The molecule has 0 spiro atoms. The molecule has 0 saturated heterocycles. The highest BCUT2D eigenvalue weighted by Crippen LogP contribution is 2.27. The second-order valence-corrected chi connectivity index (χ2v) is 10.3. The van der Waals surface area contributed by atoms with Gasteiger partial charge in [-0.25, -0.2) is 17.8 Å². The van der Waals surface area contributed by atoms with Gasteiger partial charge in [0.15, 0.2) is 0 Å². The zero-order valence-corrected chi connectivity index (χ0v) is 19.4. The van der Waals surface area contributed by atoms with Crippen LogP contribution in [-0.2, 0) is 9.84 Å². The van der Waals surface area contributed by atoms with Crippen molar-refractivity contribution in [3.05, 3.63) is 100 Å². The minimum atomic E-state index is -3.39. The van der Waals surface area contributed by atoms with Crippen molar-refractivity contribution < 1.29 is 12.8 Å². The first-order valence-corrected chi connectivity index (χ1v) is 12.4. The number of fused-ring (bicyclic) bond motifs is 1. The molecule has 0 amide bonds. The Balaban J connectivity index is 1.88. The number of benzene rings is 3. The van der Waals surface area contributed by atoms with E-state index >= 15 is 0 Å². The molecule has 0 bridgehead atoms. The van der Waals surface area contributed by atoms with Crippen LogP contribution in [0.25, 0.3) is 10.9 Å². The number of aromatic nitrogens is 2. The smallest absolute Gasteiger partial charge is 0.262 e. The van der Waals surface area contributed by atoms with Crippen molar-refractivity contribution in [2.45, 2.75) is 13.0 Å². The van der Waals surface area contributed by atoms with Crippen molar-refractivity contribution in [3.8, 4) is 0 Å². The number of hydrogen-bond acceptors (Lipinski definition) is 5. The Hall–Kier alpha value is -3.52. The van der Waals surface area contributed by atoms with Crippen LogP contribution in [0.3, 0.4) is 0 Å². The van der Waals surface area contributed by atoms with Crippen LogP contribution in [0.4, 0.5) is 15.8 Å². The molecular weight excluding hydrogens is 441 g/mol. The minimum absolute atomic E-state index is 0.222. The fourth-order valence-electron chi connectivity index (χ4n) is 3.97. The van der Waals surface area contributed by atoms with E-state index in [1.165, 1.54) is 16.7 Å². The van der Waals surface area contributed by atoms with E-state index in [0.717, 1.165) is 17.6 Å². The Morgan fingerprint density at radius 1 is 1.00 bits per heavy atom. The maximum atomic E-state index is 13.7. The van der Waals surface area contributed by atoms with E-state index in [1.54, 1.807) is 31.2 Å². The van der Waals surface area contributed by atoms with Gasteiger partial charge in [0.1, 0.15) is 21.5 Å². The molecule has 1 atom stereocenters. The van der Waals surface area contributed by atoms with Gasteiger partial charge in [0.05, 0.1) is 22.7 Å². The average Bonchev–Trinajstić information content (AvgIpc) is 2.78. The number of nitrogens with zero attached hydrogens (tertiary/aromatic N) is 3. The van der Waals surface area contributed by atoms with Gasteiger partial charge in [-0.3, -0.25) is 9.36 Å². The second kappa shape index (κ2) is 8.78. The standard InChI is InChI=1S/C25H24FN3O3S/c1-17-27-23-14-13-21(28(2)20-11-9-19(26)10-12-20)15-22(23)25(30)29(17)24(16-33(3,31)32)18-7-5-4-6-8-18/h4-15,24H,16H2,1-3H3/t24-/m1/s1. The largest absolute Gasteiger partial charge is 0.345 e. The molecule has 0 saturated carbocycles. The van der Waals surface area contributed by atoms with Crippen LogP contribution in [0.15, 0.2) is 77.6 Å². The van der Waals surface area contributed by atoms with Gasteiger partial charge < -0.3 is 4.90 Å². The minimum Gasteiger partial charge on any atom is -0.345 e. The van der Waals surface area contributed by atoms with Crippen LogP contribution < -0.4 is 10.5 Å². The molecule has 1 aromatic heterocycles. The normalized spacial score (nSPS) is 12.6. The Morgan fingerprint density at radius 2 is 1.64 bits per heavy atom. The maximum Gasteiger partial charge on any atom is 0.262 e. The van der Waals surface area contributed by atoms with E-state index in [9.17, 15) is 17.6 Å². The third-order valence-corrected chi connectivity index (χ3v) is 6.54. The molecule has 0 aliphatic carbocycles. The Morgan fingerprint density at radius 3 is 2.27 bits per heavy atom. The highest BCUT2D eigenvalue weighted by Gasteiger charge is 2.23. The van der Waals surface area contributed by atoms with E-state index in [0.29, 0.717) is 22.3 Å². The summed E-state index contributed by atoms with van der Waals surface area (Å²) < 4.78 is 39.2. The number of rotatable bonds is 6. The summed E-state index contributed by atoms with van der Waals surface area (Å²) in [4.78, 5) is 20.1. The molecule has 3 aromatic carbocycles. The summed E-state index contributed by atoms with van der Waals surface area (Å²) in [5.74, 6) is -0.115. The Kier molecular flexibility index (Phi) is 6.03. The van der Waals surface area contributed by atoms with Crippen molar-refractivity contribution in [1.82, 2.24) is 9.55 Å². The molecule has 0 radical (unpaired) electrons. The van der Waals surface area contributed by atoms with Crippen LogP contribution in [0.5, 0.6) is 0 Å². The van der Waals surface area contributed by atoms with Crippen LogP contribution in [0, 0.1) is 12.7 Å². The van der Waals surface area contributed by atoms with Gasteiger partial charge in [-0.2, -0.15) is 0 Å². The van der Waals surface area contributed by atoms with Crippen LogP contribution >= 0.6 is 0 Å². The molecule has 170 valence electrons. The zero-order chi connectivity index (χ0) is 23.8. The van der Waals surface area contributed by atoms with Gasteiger partial charge in [-0.1, -0.05) is 30.3 Å². The number of hydrogen-bond donors (Lipinski definition) is 0. The SMILES string of the molecule is Cc1nc2ccc(N(C)c3ccc(F)cc3)cc2c(=O)n1[C@H](CS(C)(=O)=O)c1ccccc1. The molecule has 4 rings (SSSR count). The molecule has 6 nitrogen and oxygen atoms in total. The Bertz CT molecular complexity index is 1470. The third-order valence-electron chi connectivity index (χ3n) is 5.62. The topological polar surface area (TPSA) is 72.3 Å². The Labute approximate surface area is 191 Å². The molecule has 0 aliphatic heterocycles. The number of halogens is 1. The average molecular weight is 466 g/mol. The van der Waals surface area contributed by atoms with Crippen LogP contribution in [0.2, 0.25) is 0 Å². The maximum absolute atomic E-state index is 13.7. The summed E-state index contributed by atoms with van der Waals surface area (Å²) in [6, 6.07) is 19.8. The third kappa shape index (κ3) is 4.80. The molecule has 0 N–H and O–H groups in total. The van der Waals surface area contributed by atoms with Crippen molar-refractivity contribution in [3.63, 3.8) is 0 Å². The summed E-state index contributed by atoms with van der Waals surface area (Å²) >= 11 is 0. The molecule has 1 heterocycles. The fraction of sp³-hybridized carbons (Fsp3) is 0.200. The molecule has 0 fully saturated rings. The number of sulfone groups is 1. The van der Waals surface area contributed by atoms with Crippen molar-refractivity contribution in [2.24, 2.45) is 0 Å². The monoisotopic (exact) mass is 465 g/mol. The zero-order valence-electron chi connectivity index (χ0n) is 18.6. The predicted molar refractivity (Wildman–Crippen MR) is 129 cm³/mol.